The lowest BCUT2D eigenvalue weighted by molar-refractivity contribution is 0.0924. The van der Waals surface area contributed by atoms with E-state index < -0.39 is 0 Å². The van der Waals surface area contributed by atoms with Crippen LogP contribution in [0.2, 0.25) is 5.02 Å². The lowest BCUT2D eigenvalue weighted by atomic mass is 9.94. The first kappa shape index (κ1) is 20.0. The molecule has 1 aromatic carbocycles. The summed E-state index contributed by atoms with van der Waals surface area (Å²) in [5.74, 6) is 0.367. The Morgan fingerprint density at radius 3 is 2.85 bits per heavy atom. The van der Waals surface area contributed by atoms with Crippen LogP contribution >= 0.6 is 23.4 Å². The number of aryl methyl sites for hydroxylation is 1. The number of nitrogens with zero attached hydrogens (tertiary/aromatic N) is 2. The molecule has 2 aromatic rings. The van der Waals surface area contributed by atoms with Gasteiger partial charge in [-0.2, -0.15) is 0 Å². The minimum Gasteiger partial charge on any atom is -0.491 e. The van der Waals surface area contributed by atoms with Gasteiger partial charge in [-0.05, 0) is 43.9 Å². The van der Waals surface area contributed by atoms with Crippen molar-refractivity contribution in [1.29, 1.82) is 0 Å². The van der Waals surface area contributed by atoms with E-state index in [9.17, 15) is 4.79 Å². The van der Waals surface area contributed by atoms with E-state index in [1.165, 1.54) is 0 Å². The van der Waals surface area contributed by atoms with Crippen LogP contribution in [0.4, 0.5) is 0 Å². The van der Waals surface area contributed by atoms with E-state index in [1.807, 2.05) is 35.8 Å². The van der Waals surface area contributed by atoms with Gasteiger partial charge in [-0.25, -0.2) is 4.98 Å². The van der Waals surface area contributed by atoms with Crippen LogP contribution in [0.15, 0.2) is 35.7 Å². The van der Waals surface area contributed by atoms with Gasteiger partial charge < -0.3 is 20.4 Å². The van der Waals surface area contributed by atoms with Crippen LogP contribution < -0.4 is 15.8 Å². The van der Waals surface area contributed by atoms with Crippen molar-refractivity contribution in [3.63, 3.8) is 0 Å². The summed E-state index contributed by atoms with van der Waals surface area (Å²) in [4.78, 5) is 17.1. The Hall–Kier alpha value is -1.70. The fourth-order valence-corrected chi connectivity index (χ4v) is 4.50. The van der Waals surface area contributed by atoms with Crippen LogP contribution in [-0.2, 0) is 7.05 Å². The molecule has 6 nitrogen and oxygen atoms in total. The Bertz CT molecular complexity index is 775. The third kappa shape index (κ3) is 5.40. The lowest BCUT2D eigenvalue weighted by Gasteiger charge is -2.28. The number of nitrogens with one attached hydrogen (secondary N) is 1. The highest BCUT2D eigenvalue weighted by Gasteiger charge is 2.25. The summed E-state index contributed by atoms with van der Waals surface area (Å²) in [7, 11) is 2.01. The Morgan fingerprint density at radius 1 is 1.41 bits per heavy atom. The van der Waals surface area contributed by atoms with Crippen molar-refractivity contribution in [3.8, 4) is 5.75 Å². The molecule has 8 heteroatoms. The number of hydrogen-bond acceptors (Lipinski definition) is 5. The quantitative estimate of drug-likeness (QED) is 0.734. The van der Waals surface area contributed by atoms with Crippen LogP contribution in [0.3, 0.4) is 0 Å². The monoisotopic (exact) mass is 408 g/mol. The Labute approximate surface area is 168 Å². The molecule has 0 bridgehead atoms. The number of ether oxygens (including phenoxy) is 1. The van der Waals surface area contributed by atoms with Crippen molar-refractivity contribution in [3.05, 3.63) is 41.2 Å². The molecular formula is C19H25ClN4O2S. The normalized spacial score (nSPS) is 19.7. The number of carbonyl (C=O) groups excluding carboxylic acids is 1. The Kier molecular flexibility index (Phi) is 7.04. The number of carbonyl (C=O) groups is 1. The number of hydrogen-bond donors (Lipinski definition) is 2. The number of benzene rings is 1. The topological polar surface area (TPSA) is 82.2 Å². The van der Waals surface area contributed by atoms with Gasteiger partial charge in [-0.1, -0.05) is 23.4 Å². The minimum absolute atomic E-state index is 0.148. The third-order valence-electron chi connectivity index (χ3n) is 4.62. The largest absolute Gasteiger partial charge is 0.491 e. The summed E-state index contributed by atoms with van der Waals surface area (Å²) in [6, 6.07) is 5.24. The standard InChI is InChI=1S/C19H25ClN4O2S/c1-24-10-9-22-19(24)27-15-5-3-14(4-6-15)23-18(25)16-12-13(20)2-7-17(16)26-11-8-21/h2,7,9-10,12,14-15H,3-6,8,11,21H2,1H3,(H,23,25). The van der Waals surface area contributed by atoms with Crippen LogP contribution in [-0.4, -0.2) is 39.9 Å². The van der Waals surface area contributed by atoms with Crippen LogP contribution in [0.25, 0.3) is 0 Å². The van der Waals surface area contributed by atoms with Gasteiger partial charge in [-0.15, -0.1) is 0 Å². The summed E-state index contributed by atoms with van der Waals surface area (Å²) in [6.45, 7) is 0.749. The molecule has 0 unspecified atom stereocenters. The molecule has 27 heavy (non-hydrogen) atoms. The Balaban J connectivity index is 1.55. The van der Waals surface area contributed by atoms with E-state index in [4.69, 9.17) is 22.1 Å². The zero-order valence-electron chi connectivity index (χ0n) is 15.4. The second-order valence-electron chi connectivity index (χ2n) is 6.66. The van der Waals surface area contributed by atoms with E-state index >= 15 is 0 Å². The maximum absolute atomic E-state index is 12.7. The summed E-state index contributed by atoms with van der Waals surface area (Å²) in [5, 5.41) is 5.22. The second kappa shape index (κ2) is 9.48. The first-order chi connectivity index (χ1) is 13.1. The SMILES string of the molecule is Cn1ccnc1SC1CCC(NC(=O)c2cc(Cl)ccc2OCCN)CC1. The molecule has 1 aromatic heterocycles. The van der Waals surface area contributed by atoms with Gasteiger partial charge in [0.2, 0.25) is 0 Å². The maximum atomic E-state index is 12.7. The van der Waals surface area contributed by atoms with Crippen molar-refractivity contribution in [2.45, 2.75) is 42.1 Å². The molecular weight excluding hydrogens is 384 g/mol. The highest BCUT2D eigenvalue weighted by Crippen LogP contribution is 2.33. The third-order valence-corrected chi connectivity index (χ3v) is 6.26. The summed E-state index contributed by atoms with van der Waals surface area (Å²) >= 11 is 7.88. The molecule has 1 aliphatic rings. The van der Waals surface area contributed by atoms with Crippen LogP contribution in [0, 0.1) is 0 Å². The van der Waals surface area contributed by atoms with E-state index in [0.29, 0.717) is 34.7 Å². The Morgan fingerprint density at radius 2 is 2.19 bits per heavy atom. The second-order valence-corrected chi connectivity index (χ2v) is 8.37. The molecule has 0 aliphatic heterocycles. The van der Waals surface area contributed by atoms with Gasteiger partial charge in [0, 0.05) is 42.3 Å². The van der Waals surface area contributed by atoms with Crippen LogP contribution in [0.1, 0.15) is 36.0 Å². The number of amides is 1. The molecule has 146 valence electrons. The van der Waals surface area contributed by atoms with Crippen LogP contribution in [0.5, 0.6) is 5.75 Å². The van der Waals surface area contributed by atoms with Crippen molar-refractivity contribution in [2.24, 2.45) is 12.8 Å². The molecule has 1 aliphatic carbocycles. The lowest BCUT2D eigenvalue weighted by Crippen LogP contribution is -2.38. The summed E-state index contributed by atoms with van der Waals surface area (Å²) < 4.78 is 7.62. The number of thioether (sulfide) groups is 1. The average Bonchev–Trinajstić information content (AvgIpc) is 3.07. The van der Waals surface area contributed by atoms with Gasteiger partial charge >= 0.3 is 0 Å². The summed E-state index contributed by atoms with van der Waals surface area (Å²) in [5.41, 5.74) is 5.95. The van der Waals surface area contributed by atoms with Gasteiger partial charge in [0.25, 0.3) is 5.91 Å². The first-order valence-corrected chi connectivity index (χ1v) is 10.4. The van der Waals surface area contributed by atoms with Crippen molar-refractivity contribution < 1.29 is 9.53 Å². The smallest absolute Gasteiger partial charge is 0.255 e. The molecule has 0 radical (unpaired) electrons. The molecule has 0 spiro atoms. The van der Waals surface area contributed by atoms with Crippen molar-refractivity contribution in [2.75, 3.05) is 13.2 Å². The number of imidazole rings is 1. The molecule has 1 fully saturated rings. The highest BCUT2D eigenvalue weighted by molar-refractivity contribution is 7.99. The molecule has 0 saturated heterocycles. The zero-order chi connectivity index (χ0) is 19.2. The first-order valence-electron chi connectivity index (χ1n) is 9.14. The number of nitrogens with two attached hydrogens (primary N) is 1. The summed E-state index contributed by atoms with van der Waals surface area (Å²) in [6.07, 6.45) is 7.79. The molecule has 1 heterocycles. The van der Waals surface area contributed by atoms with E-state index in [0.717, 1.165) is 30.8 Å². The predicted molar refractivity (Wildman–Crippen MR) is 109 cm³/mol. The van der Waals surface area contributed by atoms with Gasteiger partial charge in [-0.3, -0.25) is 4.79 Å². The number of rotatable bonds is 7. The number of aromatic nitrogens is 2. The van der Waals surface area contributed by atoms with Gasteiger partial charge in [0.15, 0.2) is 5.16 Å². The predicted octanol–water partition coefficient (Wildman–Crippen LogP) is 3.24. The van der Waals surface area contributed by atoms with Crippen molar-refractivity contribution in [1.82, 2.24) is 14.9 Å². The molecule has 3 rings (SSSR count). The molecule has 1 amide bonds. The number of halogens is 1. The fraction of sp³-hybridized carbons (Fsp3) is 0.474. The van der Waals surface area contributed by atoms with Gasteiger partial charge in [0.1, 0.15) is 12.4 Å². The minimum atomic E-state index is -0.148. The molecule has 0 atom stereocenters. The molecule has 1 saturated carbocycles. The fourth-order valence-electron chi connectivity index (χ4n) is 3.18. The average molecular weight is 409 g/mol. The van der Waals surface area contributed by atoms with Gasteiger partial charge in [0.05, 0.1) is 5.56 Å². The zero-order valence-corrected chi connectivity index (χ0v) is 16.9. The maximum Gasteiger partial charge on any atom is 0.255 e. The van der Waals surface area contributed by atoms with Crippen molar-refractivity contribution >= 4 is 29.3 Å². The van der Waals surface area contributed by atoms with E-state index in [2.05, 4.69) is 10.3 Å². The highest BCUT2D eigenvalue weighted by atomic mass is 35.5. The van der Waals surface area contributed by atoms with E-state index in [1.54, 1.807) is 18.2 Å². The molecule has 3 N–H and O–H groups in total. The van der Waals surface area contributed by atoms with E-state index in [-0.39, 0.29) is 11.9 Å².